The van der Waals surface area contributed by atoms with E-state index in [-0.39, 0.29) is 35.2 Å². The van der Waals surface area contributed by atoms with Gasteiger partial charge in [-0.15, -0.1) is 24.0 Å². The predicted molar refractivity (Wildman–Crippen MR) is 123 cm³/mol. The third-order valence-corrected chi connectivity index (χ3v) is 6.25. The number of hydrogen-bond acceptors (Lipinski definition) is 3. The summed E-state index contributed by atoms with van der Waals surface area (Å²) in [4.78, 5) is 4.68. The molecule has 0 saturated heterocycles. The van der Waals surface area contributed by atoms with Crippen LogP contribution in [0.5, 0.6) is 0 Å². The quantitative estimate of drug-likeness (QED) is 0.213. The van der Waals surface area contributed by atoms with Crippen molar-refractivity contribution < 1.29 is 12.8 Å². The van der Waals surface area contributed by atoms with Crippen LogP contribution in [0.3, 0.4) is 0 Å². The predicted octanol–water partition coefficient (Wildman–Crippen LogP) is 2.70. The molecule has 9 heteroatoms. The molecule has 1 aromatic carbocycles. The number of sulfonamides is 1. The molecule has 0 heterocycles. The Bertz CT molecular complexity index is 754. The van der Waals surface area contributed by atoms with Crippen LogP contribution < -0.4 is 10.6 Å². The van der Waals surface area contributed by atoms with Crippen molar-refractivity contribution in [3.05, 3.63) is 35.6 Å². The summed E-state index contributed by atoms with van der Waals surface area (Å²) in [7, 11) is -3.15. The first-order valence-corrected chi connectivity index (χ1v) is 11.4. The van der Waals surface area contributed by atoms with Crippen molar-refractivity contribution in [1.29, 1.82) is 0 Å². The van der Waals surface area contributed by atoms with Gasteiger partial charge in [0, 0.05) is 31.6 Å². The van der Waals surface area contributed by atoms with Crippen LogP contribution in [0.15, 0.2) is 29.3 Å². The summed E-state index contributed by atoms with van der Waals surface area (Å²) in [5.41, 5.74) is 0.952. The monoisotopic (exact) mass is 526 g/mol. The fourth-order valence-corrected chi connectivity index (χ4v) is 4.03. The summed E-state index contributed by atoms with van der Waals surface area (Å²) in [6.45, 7) is 6.77. The molecule has 0 atom stereocenters. The first-order chi connectivity index (χ1) is 12.8. The van der Waals surface area contributed by atoms with Crippen LogP contribution in [0.1, 0.15) is 38.7 Å². The lowest BCUT2D eigenvalue weighted by atomic mass is 9.96. The van der Waals surface area contributed by atoms with Gasteiger partial charge in [0.1, 0.15) is 5.82 Å². The minimum atomic E-state index is -3.15. The smallest absolute Gasteiger partial charge is 0.211 e. The van der Waals surface area contributed by atoms with E-state index in [0.29, 0.717) is 38.6 Å². The third kappa shape index (κ3) is 7.47. The molecule has 1 fully saturated rings. The highest BCUT2D eigenvalue weighted by atomic mass is 127. The van der Waals surface area contributed by atoms with Gasteiger partial charge in [0.25, 0.3) is 0 Å². The molecule has 0 spiro atoms. The molecule has 2 N–H and O–H groups in total. The largest absolute Gasteiger partial charge is 0.357 e. The summed E-state index contributed by atoms with van der Waals surface area (Å²) in [5.74, 6) is 0.502. The Kier molecular flexibility index (Phi) is 10.1. The molecule has 0 bridgehead atoms. The molecule has 1 aliphatic rings. The van der Waals surface area contributed by atoms with Gasteiger partial charge in [-0.25, -0.2) is 17.1 Å². The molecule has 160 valence electrons. The molecule has 28 heavy (non-hydrogen) atoms. The normalized spacial score (nSPS) is 15.8. The Balaban J connectivity index is 0.00000392. The van der Waals surface area contributed by atoms with Crippen molar-refractivity contribution >= 4 is 40.0 Å². The number of rotatable bonds is 10. The summed E-state index contributed by atoms with van der Waals surface area (Å²) < 4.78 is 38.2. The Morgan fingerprint density at radius 1 is 1.29 bits per heavy atom. The highest BCUT2D eigenvalue weighted by Gasteiger charge is 2.44. The molecule has 1 aromatic rings. The van der Waals surface area contributed by atoms with E-state index in [1.54, 1.807) is 12.1 Å². The zero-order valence-electron chi connectivity index (χ0n) is 16.9. The van der Waals surface area contributed by atoms with Crippen molar-refractivity contribution in [2.75, 3.05) is 39.0 Å². The van der Waals surface area contributed by atoms with E-state index in [4.69, 9.17) is 0 Å². The van der Waals surface area contributed by atoms with Gasteiger partial charge in [0.05, 0.1) is 12.8 Å². The molecule has 0 amide bonds. The zero-order chi connectivity index (χ0) is 19.9. The van der Waals surface area contributed by atoms with Gasteiger partial charge < -0.3 is 10.6 Å². The molecular weight excluding hydrogens is 494 g/mol. The zero-order valence-corrected chi connectivity index (χ0v) is 20.0. The molecular formula is C19H32FIN4O2S. The average Bonchev–Trinajstić information content (AvgIpc) is 3.39. The number of nitrogens with one attached hydrogen (secondary N) is 2. The van der Waals surface area contributed by atoms with E-state index >= 15 is 0 Å². The number of guanidine groups is 1. The molecule has 6 nitrogen and oxygen atoms in total. The van der Waals surface area contributed by atoms with E-state index in [0.717, 1.165) is 24.9 Å². The van der Waals surface area contributed by atoms with Crippen molar-refractivity contribution in [2.24, 2.45) is 4.99 Å². The standard InChI is InChI=1S/C19H31FN4O2S.HI/c1-4-21-18(22-12-7-13-24(5-2)27(3,25)26)23-15-19(10-11-19)16-8-6-9-17(20)14-16;/h6,8-9,14H,4-5,7,10-13,15H2,1-3H3,(H2,21,22,23);1H. The Morgan fingerprint density at radius 3 is 2.54 bits per heavy atom. The maximum absolute atomic E-state index is 13.5. The van der Waals surface area contributed by atoms with Crippen LogP contribution >= 0.6 is 24.0 Å². The second kappa shape index (κ2) is 11.3. The van der Waals surface area contributed by atoms with Crippen molar-refractivity contribution in [1.82, 2.24) is 14.9 Å². The van der Waals surface area contributed by atoms with Crippen LogP contribution in [0.25, 0.3) is 0 Å². The van der Waals surface area contributed by atoms with Gasteiger partial charge in [0.15, 0.2) is 5.96 Å². The SMILES string of the molecule is CCNC(=NCC1(c2cccc(F)c2)CC1)NCCCN(CC)S(C)(=O)=O.I. The van der Waals surface area contributed by atoms with Crippen LogP contribution in [0.4, 0.5) is 4.39 Å². The number of aliphatic imine (C=N–C) groups is 1. The van der Waals surface area contributed by atoms with E-state index in [1.165, 1.54) is 16.6 Å². The fraction of sp³-hybridized carbons (Fsp3) is 0.632. The van der Waals surface area contributed by atoms with Gasteiger partial charge in [-0.3, -0.25) is 4.99 Å². The van der Waals surface area contributed by atoms with Gasteiger partial charge in [-0.05, 0) is 43.9 Å². The maximum Gasteiger partial charge on any atom is 0.211 e. The van der Waals surface area contributed by atoms with E-state index in [2.05, 4.69) is 15.6 Å². The molecule has 1 saturated carbocycles. The lowest BCUT2D eigenvalue weighted by Gasteiger charge is -2.19. The second-order valence-electron chi connectivity index (χ2n) is 7.02. The first-order valence-electron chi connectivity index (χ1n) is 9.54. The van der Waals surface area contributed by atoms with Crippen molar-refractivity contribution in [3.63, 3.8) is 0 Å². The minimum absolute atomic E-state index is 0. The van der Waals surface area contributed by atoms with E-state index in [1.807, 2.05) is 19.9 Å². The molecule has 1 aliphatic carbocycles. The highest BCUT2D eigenvalue weighted by Crippen LogP contribution is 2.48. The molecule has 0 aliphatic heterocycles. The van der Waals surface area contributed by atoms with Crippen LogP contribution in [-0.4, -0.2) is 57.7 Å². The summed E-state index contributed by atoms with van der Waals surface area (Å²) in [6.07, 6.45) is 3.95. The second-order valence-corrected chi connectivity index (χ2v) is 9.00. The average molecular weight is 526 g/mol. The third-order valence-electron chi connectivity index (χ3n) is 4.87. The first kappa shape index (κ1) is 25.1. The highest BCUT2D eigenvalue weighted by molar-refractivity contribution is 14.0. The van der Waals surface area contributed by atoms with Crippen LogP contribution in [0.2, 0.25) is 0 Å². The van der Waals surface area contributed by atoms with Crippen molar-refractivity contribution in [2.45, 2.75) is 38.5 Å². The lowest BCUT2D eigenvalue weighted by molar-refractivity contribution is 0.424. The van der Waals surface area contributed by atoms with E-state index < -0.39 is 10.0 Å². The molecule has 0 radical (unpaired) electrons. The molecule has 0 aromatic heterocycles. The Morgan fingerprint density at radius 2 is 2.00 bits per heavy atom. The van der Waals surface area contributed by atoms with Gasteiger partial charge in [-0.1, -0.05) is 19.1 Å². The topological polar surface area (TPSA) is 73.8 Å². The summed E-state index contributed by atoms with van der Waals surface area (Å²) in [6, 6.07) is 6.79. The van der Waals surface area contributed by atoms with Gasteiger partial charge in [-0.2, -0.15) is 0 Å². The molecule has 2 rings (SSSR count). The maximum atomic E-state index is 13.5. The summed E-state index contributed by atoms with van der Waals surface area (Å²) >= 11 is 0. The number of halogens is 2. The Labute approximate surface area is 185 Å². The van der Waals surface area contributed by atoms with Gasteiger partial charge >= 0.3 is 0 Å². The summed E-state index contributed by atoms with van der Waals surface area (Å²) in [5, 5.41) is 6.47. The number of nitrogens with zero attached hydrogens (tertiary/aromatic N) is 2. The minimum Gasteiger partial charge on any atom is -0.357 e. The van der Waals surface area contributed by atoms with Crippen LogP contribution in [-0.2, 0) is 15.4 Å². The number of hydrogen-bond donors (Lipinski definition) is 2. The Hall–Kier alpha value is -0.940. The van der Waals surface area contributed by atoms with E-state index in [9.17, 15) is 12.8 Å². The fourth-order valence-electron chi connectivity index (χ4n) is 3.10. The van der Waals surface area contributed by atoms with Crippen LogP contribution in [0, 0.1) is 5.82 Å². The van der Waals surface area contributed by atoms with Crippen molar-refractivity contribution in [3.8, 4) is 0 Å². The van der Waals surface area contributed by atoms with Gasteiger partial charge in [0.2, 0.25) is 10.0 Å². The lowest BCUT2D eigenvalue weighted by Crippen LogP contribution is -2.40. The number of benzene rings is 1. The molecule has 0 unspecified atom stereocenters.